The molecule has 0 aromatic heterocycles. The predicted octanol–water partition coefficient (Wildman–Crippen LogP) is 4.80. The van der Waals surface area contributed by atoms with Gasteiger partial charge >= 0.3 is 0 Å². The highest BCUT2D eigenvalue weighted by atomic mass is 14.9. The molecule has 1 N–H and O–H groups in total. The van der Waals surface area contributed by atoms with Gasteiger partial charge < -0.3 is 5.32 Å². The zero-order chi connectivity index (χ0) is 13.2. The highest BCUT2D eigenvalue weighted by Crippen LogP contribution is 2.33. The Labute approximate surface area is 117 Å². The Kier molecular flexibility index (Phi) is 3.81. The van der Waals surface area contributed by atoms with Crippen molar-refractivity contribution in [1.82, 2.24) is 0 Å². The standard InChI is InChI=1S/C18H27N/c1-13-10-11-17(14(2)12-13)19-18-9-5-7-15-6-3-4-8-16(15)18/h5,7,9,13-14,17,19H,3-4,6,8,10-12H2,1-2H3. The molecule has 3 atom stereocenters. The van der Waals surface area contributed by atoms with E-state index in [9.17, 15) is 0 Å². The molecule has 0 aliphatic heterocycles. The maximum Gasteiger partial charge on any atom is 0.0377 e. The van der Waals surface area contributed by atoms with Gasteiger partial charge in [-0.3, -0.25) is 0 Å². The average Bonchev–Trinajstić information content (AvgIpc) is 2.42. The van der Waals surface area contributed by atoms with Gasteiger partial charge in [-0.25, -0.2) is 0 Å². The van der Waals surface area contributed by atoms with Gasteiger partial charge in [0.05, 0.1) is 0 Å². The number of hydrogen-bond acceptors (Lipinski definition) is 1. The van der Waals surface area contributed by atoms with Crippen LogP contribution in [0.1, 0.15) is 57.1 Å². The lowest BCUT2D eigenvalue weighted by atomic mass is 9.79. The highest BCUT2D eigenvalue weighted by molar-refractivity contribution is 5.56. The number of hydrogen-bond donors (Lipinski definition) is 1. The van der Waals surface area contributed by atoms with Gasteiger partial charge in [0.15, 0.2) is 0 Å². The van der Waals surface area contributed by atoms with E-state index in [0.717, 1.165) is 11.8 Å². The van der Waals surface area contributed by atoms with Gasteiger partial charge in [0.2, 0.25) is 0 Å². The number of rotatable bonds is 2. The third-order valence-electron chi connectivity index (χ3n) is 5.17. The third-order valence-corrected chi connectivity index (χ3v) is 5.17. The molecule has 1 heteroatoms. The molecule has 0 bridgehead atoms. The Hall–Kier alpha value is -0.980. The Balaban J connectivity index is 1.76. The number of fused-ring (bicyclic) bond motifs is 1. The van der Waals surface area contributed by atoms with E-state index in [1.54, 1.807) is 11.1 Å². The van der Waals surface area contributed by atoms with Crippen LogP contribution in [0.25, 0.3) is 0 Å². The number of anilines is 1. The molecule has 1 nitrogen and oxygen atoms in total. The van der Waals surface area contributed by atoms with Crippen molar-refractivity contribution in [2.45, 2.75) is 64.8 Å². The number of aryl methyl sites for hydroxylation is 1. The molecule has 1 saturated carbocycles. The minimum Gasteiger partial charge on any atom is -0.382 e. The molecular formula is C18H27N. The van der Waals surface area contributed by atoms with Crippen LogP contribution >= 0.6 is 0 Å². The van der Waals surface area contributed by atoms with Crippen molar-refractivity contribution in [2.75, 3.05) is 5.32 Å². The summed E-state index contributed by atoms with van der Waals surface area (Å²) in [5.41, 5.74) is 4.64. The maximum atomic E-state index is 3.88. The fraction of sp³-hybridized carbons (Fsp3) is 0.667. The normalized spacial score (nSPS) is 30.7. The number of nitrogens with one attached hydrogen (secondary N) is 1. The molecular weight excluding hydrogens is 230 g/mol. The van der Waals surface area contributed by atoms with Crippen molar-refractivity contribution in [3.63, 3.8) is 0 Å². The van der Waals surface area contributed by atoms with Crippen LogP contribution in [0.3, 0.4) is 0 Å². The summed E-state index contributed by atoms with van der Waals surface area (Å²) in [7, 11) is 0. The minimum absolute atomic E-state index is 0.685. The van der Waals surface area contributed by atoms with Crippen molar-refractivity contribution in [3.05, 3.63) is 29.3 Å². The summed E-state index contributed by atoms with van der Waals surface area (Å²) in [6.45, 7) is 4.82. The molecule has 2 aliphatic carbocycles. The average molecular weight is 257 g/mol. The van der Waals surface area contributed by atoms with Gasteiger partial charge in [-0.2, -0.15) is 0 Å². The molecule has 0 saturated heterocycles. The highest BCUT2D eigenvalue weighted by Gasteiger charge is 2.26. The fourth-order valence-corrected chi connectivity index (χ4v) is 4.00. The Morgan fingerprint density at radius 2 is 1.89 bits per heavy atom. The van der Waals surface area contributed by atoms with E-state index in [-0.39, 0.29) is 0 Å². The predicted molar refractivity (Wildman–Crippen MR) is 82.7 cm³/mol. The molecule has 0 heterocycles. The lowest BCUT2D eigenvalue weighted by Crippen LogP contribution is -2.33. The SMILES string of the molecule is CC1CCC(Nc2cccc3c2CCCC3)C(C)C1. The van der Waals surface area contributed by atoms with Crippen molar-refractivity contribution in [3.8, 4) is 0 Å². The van der Waals surface area contributed by atoms with Crippen LogP contribution in [-0.2, 0) is 12.8 Å². The van der Waals surface area contributed by atoms with Gasteiger partial charge in [0.1, 0.15) is 0 Å². The molecule has 1 aromatic carbocycles. The topological polar surface area (TPSA) is 12.0 Å². The van der Waals surface area contributed by atoms with E-state index in [2.05, 4.69) is 37.4 Å². The van der Waals surface area contributed by atoms with Crippen molar-refractivity contribution in [2.24, 2.45) is 11.8 Å². The first kappa shape index (κ1) is 13.0. The molecule has 0 amide bonds. The second kappa shape index (κ2) is 5.56. The monoisotopic (exact) mass is 257 g/mol. The molecule has 1 aromatic rings. The molecule has 19 heavy (non-hydrogen) atoms. The Morgan fingerprint density at radius 1 is 1.05 bits per heavy atom. The Bertz CT molecular complexity index is 437. The van der Waals surface area contributed by atoms with Crippen LogP contribution in [0.15, 0.2) is 18.2 Å². The van der Waals surface area contributed by atoms with Crippen LogP contribution in [0.4, 0.5) is 5.69 Å². The second-order valence-electron chi connectivity index (χ2n) is 6.80. The lowest BCUT2D eigenvalue weighted by Gasteiger charge is -2.35. The quantitative estimate of drug-likeness (QED) is 0.802. The third kappa shape index (κ3) is 2.80. The zero-order valence-electron chi connectivity index (χ0n) is 12.4. The van der Waals surface area contributed by atoms with Crippen molar-refractivity contribution >= 4 is 5.69 Å². The van der Waals surface area contributed by atoms with E-state index in [0.29, 0.717) is 6.04 Å². The summed E-state index contributed by atoms with van der Waals surface area (Å²) in [6.07, 6.45) is 9.39. The summed E-state index contributed by atoms with van der Waals surface area (Å²) in [5.74, 6) is 1.72. The molecule has 3 unspecified atom stereocenters. The molecule has 0 radical (unpaired) electrons. The van der Waals surface area contributed by atoms with Gasteiger partial charge in [-0.1, -0.05) is 26.0 Å². The fourth-order valence-electron chi connectivity index (χ4n) is 4.00. The van der Waals surface area contributed by atoms with Crippen molar-refractivity contribution < 1.29 is 0 Å². The van der Waals surface area contributed by atoms with E-state index in [4.69, 9.17) is 0 Å². The Morgan fingerprint density at radius 3 is 2.74 bits per heavy atom. The number of benzene rings is 1. The smallest absolute Gasteiger partial charge is 0.0377 e. The largest absolute Gasteiger partial charge is 0.382 e. The summed E-state index contributed by atoms with van der Waals surface area (Å²) in [4.78, 5) is 0. The van der Waals surface area contributed by atoms with E-state index < -0.39 is 0 Å². The van der Waals surface area contributed by atoms with Gasteiger partial charge in [0.25, 0.3) is 0 Å². The van der Waals surface area contributed by atoms with Crippen LogP contribution in [0, 0.1) is 11.8 Å². The summed E-state index contributed by atoms with van der Waals surface area (Å²) >= 11 is 0. The molecule has 2 aliphatic rings. The van der Waals surface area contributed by atoms with E-state index in [1.165, 1.54) is 50.6 Å². The van der Waals surface area contributed by atoms with Crippen LogP contribution in [-0.4, -0.2) is 6.04 Å². The minimum atomic E-state index is 0.685. The summed E-state index contributed by atoms with van der Waals surface area (Å²) < 4.78 is 0. The van der Waals surface area contributed by atoms with Crippen LogP contribution in [0.5, 0.6) is 0 Å². The maximum absolute atomic E-state index is 3.88. The summed E-state index contributed by atoms with van der Waals surface area (Å²) in [6, 6.07) is 7.55. The lowest BCUT2D eigenvalue weighted by molar-refractivity contribution is 0.276. The van der Waals surface area contributed by atoms with Gasteiger partial charge in [-0.15, -0.1) is 0 Å². The zero-order valence-corrected chi connectivity index (χ0v) is 12.4. The first-order chi connectivity index (χ1) is 9.24. The van der Waals surface area contributed by atoms with Gasteiger partial charge in [0, 0.05) is 11.7 Å². The molecule has 3 rings (SSSR count). The molecule has 0 spiro atoms. The van der Waals surface area contributed by atoms with E-state index >= 15 is 0 Å². The molecule has 1 fully saturated rings. The first-order valence-corrected chi connectivity index (χ1v) is 8.11. The van der Waals surface area contributed by atoms with E-state index in [1.807, 2.05) is 0 Å². The first-order valence-electron chi connectivity index (χ1n) is 8.11. The van der Waals surface area contributed by atoms with Crippen LogP contribution < -0.4 is 5.32 Å². The van der Waals surface area contributed by atoms with Crippen molar-refractivity contribution in [1.29, 1.82) is 0 Å². The second-order valence-corrected chi connectivity index (χ2v) is 6.80. The summed E-state index contributed by atoms with van der Waals surface area (Å²) in [5, 5.41) is 3.88. The molecule has 104 valence electrons. The van der Waals surface area contributed by atoms with Gasteiger partial charge in [-0.05, 0) is 74.0 Å². The van der Waals surface area contributed by atoms with Crippen LogP contribution in [0.2, 0.25) is 0 Å².